The summed E-state index contributed by atoms with van der Waals surface area (Å²) in [6.07, 6.45) is 6.37. The fraction of sp³-hybridized carbons (Fsp3) is 0.562. The van der Waals surface area contributed by atoms with Crippen LogP contribution in [0.15, 0.2) is 30.3 Å². The lowest BCUT2D eigenvalue weighted by molar-refractivity contribution is 0.00351. The summed E-state index contributed by atoms with van der Waals surface area (Å²) in [5.74, 6) is 0. The minimum Gasteiger partial charge on any atom is -0.375 e. The quantitative estimate of drug-likeness (QED) is 0.883. The summed E-state index contributed by atoms with van der Waals surface area (Å²) >= 11 is 0. The second kappa shape index (κ2) is 6.70. The molecular weight excluding hydrogens is 236 g/mol. The molecule has 1 aromatic rings. The molecule has 2 rings (SSSR count). The van der Waals surface area contributed by atoms with Gasteiger partial charge >= 0.3 is 0 Å². The number of rotatable bonds is 5. The summed E-state index contributed by atoms with van der Waals surface area (Å²) in [6.45, 7) is 0.411. The predicted octanol–water partition coefficient (Wildman–Crippen LogP) is 2.97. The van der Waals surface area contributed by atoms with Crippen LogP contribution in [-0.4, -0.2) is 19.8 Å². The van der Waals surface area contributed by atoms with Crippen LogP contribution < -0.4 is 5.32 Å². The number of nitriles is 1. The first-order valence-electron chi connectivity index (χ1n) is 7.08. The van der Waals surface area contributed by atoms with E-state index in [2.05, 4.69) is 11.4 Å². The molecular formula is C16H22N2O. The third-order valence-electron chi connectivity index (χ3n) is 3.97. The number of ether oxygens (including phenoxy) is 1. The minimum atomic E-state index is -0.737. The molecule has 0 aliphatic heterocycles. The predicted molar refractivity (Wildman–Crippen MR) is 75.6 cm³/mol. The van der Waals surface area contributed by atoms with Gasteiger partial charge in [0.15, 0.2) is 5.54 Å². The molecule has 102 valence electrons. The van der Waals surface area contributed by atoms with E-state index in [0.29, 0.717) is 12.7 Å². The molecule has 3 heteroatoms. The van der Waals surface area contributed by atoms with Crippen molar-refractivity contribution in [2.45, 2.75) is 43.7 Å². The first kappa shape index (κ1) is 14.0. The van der Waals surface area contributed by atoms with Crippen molar-refractivity contribution in [1.82, 2.24) is 5.32 Å². The Kier molecular flexibility index (Phi) is 4.95. The molecule has 0 aromatic heterocycles. The van der Waals surface area contributed by atoms with Gasteiger partial charge in [-0.25, -0.2) is 0 Å². The van der Waals surface area contributed by atoms with Crippen molar-refractivity contribution in [2.24, 2.45) is 0 Å². The lowest BCUT2D eigenvalue weighted by atomic mass is 9.92. The Balaban J connectivity index is 2.05. The van der Waals surface area contributed by atoms with Gasteiger partial charge in [-0.2, -0.15) is 5.26 Å². The van der Waals surface area contributed by atoms with Gasteiger partial charge in [0.1, 0.15) is 0 Å². The van der Waals surface area contributed by atoms with Crippen LogP contribution in [0.3, 0.4) is 0 Å². The lowest BCUT2D eigenvalue weighted by Gasteiger charge is -2.30. The molecule has 3 nitrogen and oxygen atoms in total. The average molecular weight is 258 g/mol. The van der Waals surface area contributed by atoms with Gasteiger partial charge in [0.05, 0.1) is 18.8 Å². The van der Waals surface area contributed by atoms with Crippen LogP contribution in [0.25, 0.3) is 0 Å². The van der Waals surface area contributed by atoms with Crippen LogP contribution in [0.4, 0.5) is 0 Å². The Bertz CT molecular complexity index is 420. The zero-order valence-electron chi connectivity index (χ0n) is 11.6. The second-order valence-electron chi connectivity index (χ2n) is 5.20. The highest BCUT2D eigenvalue weighted by atomic mass is 16.5. The zero-order valence-corrected chi connectivity index (χ0v) is 11.6. The van der Waals surface area contributed by atoms with Gasteiger partial charge in [-0.1, -0.05) is 49.6 Å². The van der Waals surface area contributed by atoms with Crippen molar-refractivity contribution < 1.29 is 4.74 Å². The van der Waals surface area contributed by atoms with Gasteiger partial charge in [-0.3, -0.25) is 5.32 Å². The maximum Gasteiger partial charge on any atom is 0.155 e. The SMILES string of the molecule is CNC(C#N)(COC1CCCCC1)c1ccccc1. The molecule has 1 aliphatic carbocycles. The Morgan fingerprint density at radius 3 is 2.53 bits per heavy atom. The fourth-order valence-electron chi connectivity index (χ4n) is 2.65. The zero-order chi connectivity index (χ0) is 13.6. The molecule has 0 bridgehead atoms. The number of nitrogens with one attached hydrogen (secondary N) is 1. The van der Waals surface area contributed by atoms with Crippen molar-refractivity contribution in [2.75, 3.05) is 13.7 Å². The van der Waals surface area contributed by atoms with Gasteiger partial charge in [0.25, 0.3) is 0 Å². The lowest BCUT2D eigenvalue weighted by Crippen LogP contribution is -2.44. The van der Waals surface area contributed by atoms with E-state index in [1.54, 1.807) is 0 Å². The molecule has 0 amide bonds. The first-order valence-corrected chi connectivity index (χ1v) is 7.08. The van der Waals surface area contributed by atoms with Crippen molar-refractivity contribution in [3.05, 3.63) is 35.9 Å². The van der Waals surface area contributed by atoms with Gasteiger partial charge in [-0.15, -0.1) is 0 Å². The molecule has 1 N–H and O–H groups in total. The molecule has 1 saturated carbocycles. The Hall–Kier alpha value is -1.37. The van der Waals surface area contributed by atoms with E-state index in [-0.39, 0.29) is 0 Å². The molecule has 1 aromatic carbocycles. The van der Waals surface area contributed by atoms with E-state index in [0.717, 1.165) is 18.4 Å². The van der Waals surface area contributed by atoms with Gasteiger partial charge in [-0.05, 0) is 25.5 Å². The van der Waals surface area contributed by atoms with Crippen LogP contribution in [0.5, 0.6) is 0 Å². The van der Waals surface area contributed by atoms with Crippen molar-refractivity contribution in [3.63, 3.8) is 0 Å². The summed E-state index contributed by atoms with van der Waals surface area (Å²) in [4.78, 5) is 0. The number of benzene rings is 1. The van der Waals surface area contributed by atoms with E-state index in [4.69, 9.17) is 4.74 Å². The van der Waals surface area contributed by atoms with Crippen molar-refractivity contribution >= 4 is 0 Å². The van der Waals surface area contributed by atoms with Crippen molar-refractivity contribution in [3.8, 4) is 6.07 Å². The molecule has 0 saturated heterocycles. The molecule has 1 unspecified atom stereocenters. The van der Waals surface area contributed by atoms with Crippen molar-refractivity contribution in [1.29, 1.82) is 5.26 Å². The summed E-state index contributed by atoms with van der Waals surface area (Å²) in [7, 11) is 1.82. The highest BCUT2D eigenvalue weighted by Gasteiger charge is 2.32. The highest BCUT2D eigenvalue weighted by Crippen LogP contribution is 2.25. The third kappa shape index (κ3) is 3.34. The Labute approximate surface area is 115 Å². The summed E-state index contributed by atoms with van der Waals surface area (Å²) in [6, 6.07) is 12.2. The van der Waals surface area contributed by atoms with Gasteiger partial charge < -0.3 is 4.74 Å². The molecule has 1 fully saturated rings. The molecule has 1 aliphatic rings. The normalized spacial score (nSPS) is 19.6. The van der Waals surface area contributed by atoms with E-state index >= 15 is 0 Å². The van der Waals surface area contributed by atoms with Gasteiger partial charge in [0.2, 0.25) is 0 Å². The maximum atomic E-state index is 9.57. The van der Waals surface area contributed by atoms with Crippen LogP contribution >= 0.6 is 0 Å². The van der Waals surface area contributed by atoms with Crippen LogP contribution in [0, 0.1) is 11.3 Å². The monoisotopic (exact) mass is 258 g/mol. The molecule has 1 atom stereocenters. The number of nitrogens with zero attached hydrogens (tertiary/aromatic N) is 1. The van der Waals surface area contributed by atoms with E-state index in [1.807, 2.05) is 37.4 Å². The van der Waals surface area contributed by atoms with E-state index in [9.17, 15) is 5.26 Å². The largest absolute Gasteiger partial charge is 0.375 e. The highest BCUT2D eigenvalue weighted by molar-refractivity contribution is 5.31. The number of hydrogen-bond donors (Lipinski definition) is 1. The van der Waals surface area contributed by atoms with Crippen LogP contribution in [0.1, 0.15) is 37.7 Å². The fourth-order valence-corrected chi connectivity index (χ4v) is 2.65. The maximum absolute atomic E-state index is 9.57. The third-order valence-corrected chi connectivity index (χ3v) is 3.97. The average Bonchev–Trinajstić information content (AvgIpc) is 2.51. The smallest absolute Gasteiger partial charge is 0.155 e. The number of likely N-dealkylation sites (N-methyl/N-ethyl adjacent to an activating group) is 1. The second-order valence-corrected chi connectivity index (χ2v) is 5.20. The summed E-state index contributed by atoms with van der Waals surface area (Å²) in [5, 5.41) is 12.7. The molecule has 0 heterocycles. The van der Waals surface area contributed by atoms with Gasteiger partial charge in [0, 0.05) is 0 Å². The Morgan fingerprint density at radius 1 is 1.26 bits per heavy atom. The standard InChI is InChI=1S/C16H22N2O/c1-18-16(12-17,14-8-4-2-5-9-14)13-19-15-10-6-3-7-11-15/h2,4-5,8-9,15,18H,3,6-7,10-11,13H2,1H3. The molecule has 19 heavy (non-hydrogen) atoms. The first-order chi connectivity index (χ1) is 9.30. The van der Waals surface area contributed by atoms with Crippen LogP contribution in [0.2, 0.25) is 0 Å². The van der Waals surface area contributed by atoms with Crippen LogP contribution in [-0.2, 0) is 10.3 Å². The minimum absolute atomic E-state index is 0.318. The topological polar surface area (TPSA) is 45.0 Å². The molecule has 0 radical (unpaired) electrons. The van der Waals surface area contributed by atoms with E-state index < -0.39 is 5.54 Å². The Morgan fingerprint density at radius 2 is 1.95 bits per heavy atom. The van der Waals surface area contributed by atoms with E-state index in [1.165, 1.54) is 19.3 Å². The molecule has 0 spiro atoms. The summed E-state index contributed by atoms with van der Waals surface area (Å²) < 4.78 is 6.00. The number of hydrogen-bond acceptors (Lipinski definition) is 3. The summed E-state index contributed by atoms with van der Waals surface area (Å²) in [5.41, 5.74) is 0.231.